The van der Waals surface area contributed by atoms with E-state index in [1.807, 2.05) is 23.1 Å². The average molecular weight is 394 g/mol. The Balaban J connectivity index is 0.00000121. The van der Waals surface area contributed by atoms with E-state index in [4.69, 9.17) is 5.73 Å². The number of hydrogen-bond acceptors (Lipinski definition) is 4. The molecule has 0 spiro atoms. The van der Waals surface area contributed by atoms with Gasteiger partial charge in [-0.3, -0.25) is 4.79 Å². The number of amides is 1. The summed E-state index contributed by atoms with van der Waals surface area (Å²) >= 11 is 0. The van der Waals surface area contributed by atoms with Crippen molar-refractivity contribution in [1.29, 1.82) is 0 Å². The van der Waals surface area contributed by atoms with Crippen LogP contribution in [0.2, 0.25) is 0 Å². The molecule has 1 saturated heterocycles. The topological polar surface area (TPSA) is 76.5 Å². The first-order valence-corrected chi connectivity index (χ1v) is 8.10. The Labute approximate surface area is 164 Å². The Hall–Kier alpha value is -2.15. The van der Waals surface area contributed by atoms with Gasteiger partial charge < -0.3 is 10.6 Å². The summed E-state index contributed by atoms with van der Waals surface area (Å²) in [7, 11) is 0. The van der Waals surface area contributed by atoms with Gasteiger partial charge in [-0.1, -0.05) is 30.3 Å². The van der Waals surface area contributed by atoms with Crippen molar-refractivity contribution in [1.82, 2.24) is 19.5 Å². The molecule has 2 atom stereocenters. The summed E-state index contributed by atoms with van der Waals surface area (Å²) < 4.78 is 1.62. The van der Waals surface area contributed by atoms with Gasteiger partial charge in [0.2, 0.25) is 0 Å². The zero-order chi connectivity index (χ0) is 16.5. The maximum Gasteiger partial charge on any atom is 0.259 e. The van der Waals surface area contributed by atoms with Crippen molar-refractivity contribution in [2.75, 3.05) is 19.6 Å². The minimum atomic E-state index is -0.0272. The third-order valence-electron chi connectivity index (χ3n) is 4.77. The van der Waals surface area contributed by atoms with E-state index < -0.39 is 0 Å². The quantitative estimate of drug-likeness (QED) is 0.740. The number of hydrogen-bond donors (Lipinski definition) is 1. The lowest BCUT2D eigenvalue weighted by molar-refractivity contribution is 0.0788. The van der Waals surface area contributed by atoms with Crippen molar-refractivity contribution < 1.29 is 4.79 Å². The molecule has 2 N–H and O–H groups in total. The van der Waals surface area contributed by atoms with Gasteiger partial charge in [0.25, 0.3) is 5.91 Å². The van der Waals surface area contributed by atoms with E-state index in [2.05, 4.69) is 22.2 Å². The van der Waals surface area contributed by atoms with Crippen molar-refractivity contribution in [3.63, 3.8) is 0 Å². The average Bonchev–Trinajstić information content (AvgIpc) is 3.26. The molecular weight excluding hydrogens is 373 g/mol. The van der Waals surface area contributed by atoms with Crippen LogP contribution in [-0.4, -0.2) is 45.0 Å². The molecule has 0 aliphatic carbocycles. The summed E-state index contributed by atoms with van der Waals surface area (Å²) in [5.74, 6) is 0.515. The number of nitrogens with two attached hydrogens (primary N) is 1. The number of carbonyl (C=O) groups excluding carboxylic acids is 1. The second kappa shape index (κ2) is 8.49. The van der Waals surface area contributed by atoms with Crippen molar-refractivity contribution in [3.05, 3.63) is 66.1 Å². The summed E-state index contributed by atoms with van der Waals surface area (Å²) in [5, 5.41) is 4.21. The first kappa shape index (κ1) is 20.2. The van der Waals surface area contributed by atoms with E-state index in [0.29, 0.717) is 30.8 Å². The third-order valence-corrected chi connectivity index (χ3v) is 4.77. The molecule has 1 amide bonds. The lowest BCUT2D eigenvalue weighted by atomic mass is 9.89. The van der Waals surface area contributed by atoms with Crippen molar-refractivity contribution >= 4 is 36.4 Å². The van der Waals surface area contributed by atoms with Crippen LogP contribution in [0.15, 0.2) is 55.0 Å². The van der Waals surface area contributed by atoms with E-state index in [-0.39, 0.29) is 42.6 Å². The van der Waals surface area contributed by atoms with Gasteiger partial charge in [0, 0.05) is 31.4 Å². The number of rotatable bonds is 3. The molecule has 8 heteroatoms. The van der Waals surface area contributed by atoms with E-state index in [0.717, 1.165) is 0 Å². The van der Waals surface area contributed by atoms with Gasteiger partial charge in [0.15, 0.2) is 5.65 Å². The van der Waals surface area contributed by atoms with Crippen LogP contribution in [0.3, 0.4) is 0 Å². The summed E-state index contributed by atoms with van der Waals surface area (Å²) in [5.41, 5.74) is 8.34. The van der Waals surface area contributed by atoms with Crippen LogP contribution < -0.4 is 5.73 Å². The van der Waals surface area contributed by atoms with Gasteiger partial charge >= 0.3 is 0 Å². The monoisotopic (exact) mass is 393 g/mol. The van der Waals surface area contributed by atoms with Gasteiger partial charge in [-0.2, -0.15) is 5.10 Å². The van der Waals surface area contributed by atoms with Gasteiger partial charge in [-0.25, -0.2) is 9.50 Å². The van der Waals surface area contributed by atoms with Crippen molar-refractivity contribution in [3.8, 4) is 0 Å². The Morgan fingerprint density at radius 1 is 1.15 bits per heavy atom. The van der Waals surface area contributed by atoms with Crippen LogP contribution >= 0.6 is 24.8 Å². The van der Waals surface area contributed by atoms with Crippen LogP contribution in [0.1, 0.15) is 21.8 Å². The molecule has 1 fully saturated rings. The molecular formula is C18H21Cl2N5O. The minimum Gasteiger partial charge on any atom is -0.338 e. The predicted molar refractivity (Wildman–Crippen MR) is 105 cm³/mol. The smallest absolute Gasteiger partial charge is 0.259 e. The summed E-state index contributed by atoms with van der Waals surface area (Å²) in [6, 6.07) is 12.1. The fourth-order valence-corrected chi connectivity index (χ4v) is 3.50. The molecule has 0 bridgehead atoms. The van der Waals surface area contributed by atoms with Gasteiger partial charge in [0.1, 0.15) is 5.56 Å². The molecule has 3 heterocycles. The second-order valence-electron chi connectivity index (χ2n) is 6.17. The van der Waals surface area contributed by atoms with Crippen LogP contribution in [0.5, 0.6) is 0 Å². The molecule has 3 aromatic rings. The molecule has 0 unspecified atom stereocenters. The fraction of sp³-hybridized carbons (Fsp3) is 0.278. The maximum absolute atomic E-state index is 13.0. The van der Waals surface area contributed by atoms with Crippen LogP contribution in [0, 0.1) is 5.92 Å². The highest BCUT2D eigenvalue weighted by molar-refractivity contribution is 5.99. The SMILES string of the molecule is Cl.Cl.NC[C@@H]1CN(C(=O)c2cnn3cccnc23)C[C@H]1c1ccccc1. The van der Waals surface area contributed by atoms with Crippen LogP contribution in [-0.2, 0) is 0 Å². The molecule has 1 aliphatic heterocycles. The number of fused-ring (bicyclic) bond motifs is 1. The zero-order valence-corrected chi connectivity index (χ0v) is 15.7. The lowest BCUT2D eigenvalue weighted by Crippen LogP contribution is -2.29. The molecule has 138 valence electrons. The summed E-state index contributed by atoms with van der Waals surface area (Å²) in [6.07, 6.45) is 5.06. The number of halogens is 2. The number of nitrogens with zero attached hydrogens (tertiary/aromatic N) is 4. The normalized spacial score (nSPS) is 19.0. The van der Waals surface area contributed by atoms with Gasteiger partial charge in [-0.05, 0) is 24.1 Å². The van der Waals surface area contributed by atoms with E-state index in [9.17, 15) is 4.79 Å². The van der Waals surface area contributed by atoms with Crippen molar-refractivity contribution in [2.24, 2.45) is 11.7 Å². The largest absolute Gasteiger partial charge is 0.338 e. The Morgan fingerprint density at radius 2 is 1.92 bits per heavy atom. The molecule has 2 aromatic heterocycles. The third kappa shape index (κ3) is 3.53. The zero-order valence-electron chi connectivity index (χ0n) is 14.1. The Bertz CT molecular complexity index is 870. The maximum atomic E-state index is 13.0. The first-order chi connectivity index (χ1) is 11.8. The highest BCUT2D eigenvalue weighted by Gasteiger charge is 2.36. The second-order valence-corrected chi connectivity index (χ2v) is 6.17. The number of carbonyl (C=O) groups is 1. The highest BCUT2D eigenvalue weighted by atomic mass is 35.5. The molecule has 1 aliphatic rings. The molecule has 1 aromatic carbocycles. The first-order valence-electron chi connectivity index (χ1n) is 8.10. The summed E-state index contributed by atoms with van der Waals surface area (Å²) in [4.78, 5) is 19.1. The van der Waals surface area contributed by atoms with E-state index >= 15 is 0 Å². The molecule has 4 rings (SSSR count). The molecule has 0 radical (unpaired) electrons. The highest BCUT2D eigenvalue weighted by Crippen LogP contribution is 2.33. The molecule has 6 nitrogen and oxygen atoms in total. The van der Waals surface area contributed by atoms with Crippen molar-refractivity contribution in [2.45, 2.75) is 5.92 Å². The Kier molecular flexibility index (Phi) is 6.58. The number of aromatic nitrogens is 3. The lowest BCUT2D eigenvalue weighted by Gasteiger charge is -2.16. The number of likely N-dealkylation sites (tertiary alicyclic amines) is 1. The van der Waals surface area contributed by atoms with Gasteiger partial charge in [0.05, 0.1) is 6.20 Å². The van der Waals surface area contributed by atoms with E-state index in [1.165, 1.54) is 5.56 Å². The molecule has 0 saturated carbocycles. The van der Waals surface area contributed by atoms with Crippen LogP contribution in [0.25, 0.3) is 5.65 Å². The molecule has 26 heavy (non-hydrogen) atoms. The minimum absolute atomic E-state index is 0. The van der Waals surface area contributed by atoms with Crippen LogP contribution in [0.4, 0.5) is 0 Å². The standard InChI is InChI=1S/C18H19N5O.2ClH/c19-9-14-11-22(12-16(14)13-5-2-1-3-6-13)18(24)15-10-21-23-8-4-7-20-17(15)23;;/h1-8,10,14,16H,9,11-12,19H2;2*1H/t14-,16+;;/m1../s1. The number of benzene rings is 1. The fourth-order valence-electron chi connectivity index (χ4n) is 3.50. The summed E-state index contributed by atoms with van der Waals surface area (Å²) in [6.45, 7) is 1.91. The Morgan fingerprint density at radius 3 is 2.65 bits per heavy atom. The van der Waals surface area contributed by atoms with E-state index in [1.54, 1.807) is 29.2 Å². The van der Waals surface area contributed by atoms with Gasteiger partial charge in [-0.15, -0.1) is 24.8 Å². The predicted octanol–water partition coefficient (Wildman–Crippen LogP) is 2.39.